The monoisotopic (exact) mass is 347 g/mol. The first-order chi connectivity index (χ1) is 10.8. The van der Waals surface area contributed by atoms with Crippen LogP contribution in [0.15, 0.2) is 0 Å². The summed E-state index contributed by atoms with van der Waals surface area (Å²) >= 11 is 0. The first-order valence-electron chi connectivity index (χ1n) is 8.39. The highest BCUT2D eigenvalue weighted by Gasteiger charge is 2.32. The van der Waals surface area contributed by atoms with Crippen molar-refractivity contribution in [1.29, 1.82) is 0 Å². The average Bonchev–Trinajstić information content (AvgIpc) is 2.90. The van der Waals surface area contributed by atoms with Crippen molar-refractivity contribution in [1.82, 2.24) is 15.5 Å². The summed E-state index contributed by atoms with van der Waals surface area (Å²) < 4.78 is 28.2. The molecule has 2 fully saturated rings. The van der Waals surface area contributed by atoms with Crippen LogP contribution >= 0.6 is 0 Å². The number of ether oxygens (including phenoxy) is 1. The molecular formula is C15H29N3O4S. The molecule has 0 bridgehead atoms. The molecule has 0 saturated carbocycles. The molecule has 0 aliphatic carbocycles. The lowest BCUT2D eigenvalue weighted by atomic mass is 9.95. The van der Waals surface area contributed by atoms with E-state index in [9.17, 15) is 13.2 Å². The van der Waals surface area contributed by atoms with E-state index in [1.165, 1.54) is 0 Å². The molecule has 0 aromatic heterocycles. The van der Waals surface area contributed by atoms with E-state index in [1.54, 1.807) is 0 Å². The summed E-state index contributed by atoms with van der Waals surface area (Å²) in [5.41, 5.74) is -0.0855. The third kappa shape index (κ3) is 5.32. The van der Waals surface area contributed by atoms with Crippen LogP contribution in [-0.2, 0) is 14.6 Å². The number of nitrogens with one attached hydrogen (secondary N) is 2. The molecule has 8 heteroatoms. The van der Waals surface area contributed by atoms with Crippen molar-refractivity contribution in [3.63, 3.8) is 0 Å². The fraction of sp³-hybridized carbons (Fsp3) is 0.933. The summed E-state index contributed by atoms with van der Waals surface area (Å²) in [7, 11) is -2.89. The van der Waals surface area contributed by atoms with Gasteiger partial charge in [0.2, 0.25) is 0 Å². The smallest absolute Gasteiger partial charge is 0.314 e. The SMILES string of the molecule is CCC(C)(CNC(=O)NCC1CCS(=O)(=O)C1)N1CCOCC1. The number of amides is 2. The number of rotatable bonds is 6. The molecule has 0 spiro atoms. The summed E-state index contributed by atoms with van der Waals surface area (Å²) in [6.07, 6.45) is 1.58. The number of carbonyl (C=O) groups is 1. The number of morpholine rings is 1. The Hall–Kier alpha value is -0.860. The Morgan fingerprint density at radius 2 is 2.00 bits per heavy atom. The number of carbonyl (C=O) groups excluding carboxylic acids is 1. The molecule has 2 amide bonds. The Morgan fingerprint density at radius 3 is 2.57 bits per heavy atom. The third-order valence-corrected chi connectivity index (χ3v) is 6.88. The normalized spacial score (nSPS) is 27.3. The van der Waals surface area contributed by atoms with Crippen LogP contribution in [0.25, 0.3) is 0 Å². The van der Waals surface area contributed by atoms with Crippen LogP contribution in [0, 0.1) is 5.92 Å². The van der Waals surface area contributed by atoms with Crippen LogP contribution in [0.4, 0.5) is 4.79 Å². The molecule has 0 radical (unpaired) electrons. The standard InChI is InChI=1S/C15H29N3O4S/c1-3-15(2,18-5-7-22-8-6-18)12-17-14(19)16-10-13-4-9-23(20,21)11-13/h13H,3-12H2,1-2H3,(H2,16,17,19). The highest BCUT2D eigenvalue weighted by Crippen LogP contribution is 2.20. The maximum Gasteiger partial charge on any atom is 0.314 e. The zero-order valence-electron chi connectivity index (χ0n) is 14.1. The summed E-state index contributed by atoms with van der Waals surface area (Å²) in [5.74, 6) is 0.474. The third-order valence-electron chi connectivity index (χ3n) is 5.04. The van der Waals surface area contributed by atoms with Crippen molar-refractivity contribution in [2.45, 2.75) is 32.2 Å². The molecule has 2 rings (SSSR count). The molecule has 2 atom stereocenters. The van der Waals surface area contributed by atoms with Crippen LogP contribution in [0.3, 0.4) is 0 Å². The van der Waals surface area contributed by atoms with E-state index in [0.717, 1.165) is 32.7 Å². The topological polar surface area (TPSA) is 87.7 Å². The maximum absolute atomic E-state index is 12.0. The van der Waals surface area contributed by atoms with Crippen LogP contribution < -0.4 is 10.6 Å². The van der Waals surface area contributed by atoms with Gasteiger partial charge in [-0.05, 0) is 25.7 Å². The van der Waals surface area contributed by atoms with Crippen molar-refractivity contribution in [2.75, 3.05) is 50.9 Å². The van der Waals surface area contributed by atoms with Gasteiger partial charge in [-0.3, -0.25) is 4.90 Å². The Kier molecular flexibility index (Phi) is 6.27. The molecule has 7 nitrogen and oxygen atoms in total. The summed E-state index contributed by atoms with van der Waals surface area (Å²) in [5, 5.41) is 5.74. The van der Waals surface area contributed by atoms with E-state index >= 15 is 0 Å². The molecule has 2 saturated heterocycles. The second-order valence-electron chi connectivity index (χ2n) is 6.78. The van der Waals surface area contributed by atoms with Gasteiger partial charge in [-0.1, -0.05) is 6.92 Å². The average molecular weight is 347 g/mol. The number of nitrogens with zero attached hydrogens (tertiary/aromatic N) is 1. The van der Waals surface area contributed by atoms with Gasteiger partial charge in [-0.25, -0.2) is 13.2 Å². The number of urea groups is 1. The first-order valence-corrected chi connectivity index (χ1v) is 10.2. The van der Waals surface area contributed by atoms with Gasteiger partial charge in [0.15, 0.2) is 9.84 Å². The summed E-state index contributed by atoms with van der Waals surface area (Å²) in [6, 6.07) is -0.220. The minimum atomic E-state index is -2.89. The minimum Gasteiger partial charge on any atom is -0.379 e. The largest absolute Gasteiger partial charge is 0.379 e. The van der Waals surface area contributed by atoms with Crippen molar-refractivity contribution >= 4 is 15.9 Å². The summed E-state index contributed by atoms with van der Waals surface area (Å²) in [6.45, 7) is 8.50. The Bertz CT molecular complexity index is 505. The second-order valence-corrected chi connectivity index (χ2v) is 9.01. The molecule has 2 N–H and O–H groups in total. The van der Waals surface area contributed by atoms with Crippen LogP contribution in [0.2, 0.25) is 0 Å². The Balaban J connectivity index is 1.74. The number of hydrogen-bond donors (Lipinski definition) is 2. The summed E-state index contributed by atoms with van der Waals surface area (Å²) in [4.78, 5) is 14.4. The molecule has 0 aromatic carbocycles. The fourth-order valence-corrected chi connectivity index (χ4v) is 5.03. The Morgan fingerprint density at radius 1 is 1.30 bits per heavy atom. The van der Waals surface area contributed by atoms with Gasteiger partial charge in [0.25, 0.3) is 0 Å². The molecule has 0 aromatic rings. The van der Waals surface area contributed by atoms with E-state index in [4.69, 9.17) is 4.74 Å². The molecule has 2 aliphatic rings. The Labute approximate surface area is 139 Å². The minimum absolute atomic E-state index is 0.0440. The second kappa shape index (κ2) is 7.81. The predicted molar refractivity (Wildman–Crippen MR) is 89.3 cm³/mol. The lowest BCUT2D eigenvalue weighted by Crippen LogP contribution is -2.57. The molecule has 2 heterocycles. The van der Waals surface area contributed by atoms with Crippen LogP contribution in [0.5, 0.6) is 0 Å². The van der Waals surface area contributed by atoms with Crippen LogP contribution in [-0.4, -0.2) is 75.8 Å². The van der Waals surface area contributed by atoms with E-state index in [2.05, 4.69) is 29.4 Å². The van der Waals surface area contributed by atoms with Gasteiger partial charge in [-0.15, -0.1) is 0 Å². The molecule has 134 valence electrons. The van der Waals surface area contributed by atoms with Gasteiger partial charge in [0, 0.05) is 31.7 Å². The lowest BCUT2D eigenvalue weighted by Gasteiger charge is -2.43. The van der Waals surface area contributed by atoms with Gasteiger partial charge in [0.05, 0.1) is 24.7 Å². The maximum atomic E-state index is 12.0. The van der Waals surface area contributed by atoms with Crippen molar-refractivity contribution in [3.8, 4) is 0 Å². The van der Waals surface area contributed by atoms with E-state index in [0.29, 0.717) is 19.5 Å². The fourth-order valence-electron chi connectivity index (χ4n) is 3.17. The number of sulfone groups is 1. The molecular weight excluding hydrogens is 318 g/mol. The van der Waals surface area contributed by atoms with Crippen LogP contribution in [0.1, 0.15) is 26.7 Å². The van der Waals surface area contributed by atoms with E-state index in [1.807, 2.05) is 0 Å². The highest BCUT2D eigenvalue weighted by molar-refractivity contribution is 7.91. The number of hydrogen-bond acceptors (Lipinski definition) is 5. The van der Waals surface area contributed by atoms with E-state index in [-0.39, 0.29) is 29.0 Å². The zero-order chi connectivity index (χ0) is 16.9. The highest BCUT2D eigenvalue weighted by atomic mass is 32.2. The quantitative estimate of drug-likeness (QED) is 0.718. The lowest BCUT2D eigenvalue weighted by molar-refractivity contribution is -0.0165. The van der Waals surface area contributed by atoms with Gasteiger partial charge in [-0.2, -0.15) is 0 Å². The van der Waals surface area contributed by atoms with Gasteiger partial charge >= 0.3 is 6.03 Å². The van der Waals surface area contributed by atoms with Crippen molar-refractivity contribution in [3.05, 3.63) is 0 Å². The molecule has 2 unspecified atom stereocenters. The van der Waals surface area contributed by atoms with Crippen molar-refractivity contribution < 1.29 is 17.9 Å². The van der Waals surface area contributed by atoms with Gasteiger partial charge < -0.3 is 15.4 Å². The molecule has 23 heavy (non-hydrogen) atoms. The van der Waals surface area contributed by atoms with Crippen molar-refractivity contribution in [2.24, 2.45) is 5.92 Å². The predicted octanol–water partition coefficient (Wildman–Crippen LogP) is 0.221. The zero-order valence-corrected chi connectivity index (χ0v) is 15.0. The first kappa shape index (κ1) is 18.5. The molecule has 2 aliphatic heterocycles. The van der Waals surface area contributed by atoms with E-state index < -0.39 is 9.84 Å². The van der Waals surface area contributed by atoms with Gasteiger partial charge in [0.1, 0.15) is 0 Å².